The van der Waals surface area contributed by atoms with Crippen LogP contribution in [0.15, 0.2) is 24.3 Å². The van der Waals surface area contributed by atoms with E-state index < -0.39 is 5.41 Å². The van der Waals surface area contributed by atoms with Crippen molar-refractivity contribution in [3.63, 3.8) is 0 Å². The first-order valence-electron chi connectivity index (χ1n) is 9.47. The Kier molecular flexibility index (Phi) is 7.42. The van der Waals surface area contributed by atoms with Gasteiger partial charge in [0.1, 0.15) is 0 Å². The van der Waals surface area contributed by atoms with Gasteiger partial charge in [-0.3, -0.25) is 14.4 Å². The highest BCUT2D eigenvalue weighted by Gasteiger charge is 2.33. The van der Waals surface area contributed by atoms with Gasteiger partial charge in [-0.05, 0) is 33.6 Å². The largest absolute Gasteiger partial charge is 0.353 e. The Hall–Kier alpha value is -1.88. The molecule has 27 heavy (non-hydrogen) atoms. The molecule has 1 aliphatic rings. The van der Waals surface area contributed by atoms with E-state index in [1.165, 1.54) is 0 Å². The average molecular weight is 393 g/mol. The molecule has 0 saturated carbocycles. The first kappa shape index (κ1) is 21.4. The van der Waals surface area contributed by atoms with E-state index in [2.05, 4.69) is 5.32 Å². The molecule has 1 fully saturated rings. The molecule has 2 amide bonds. The minimum absolute atomic E-state index is 0.0196. The maximum atomic E-state index is 12.4. The standard InChI is InChI=1S/C21H29ClN2O3/c1-15-4-6-16(7-5-15)18(25)8-9-19(26)23-17-10-12-24(13-11-17)20(27)21(2,3)14-22/h4-7,17H,8-14H2,1-3H3,(H,23,26). The van der Waals surface area contributed by atoms with Crippen LogP contribution in [0.2, 0.25) is 0 Å². The predicted molar refractivity (Wildman–Crippen MR) is 107 cm³/mol. The molecular formula is C21H29ClN2O3. The van der Waals surface area contributed by atoms with E-state index in [9.17, 15) is 14.4 Å². The maximum absolute atomic E-state index is 12.4. The van der Waals surface area contributed by atoms with Crippen molar-refractivity contribution >= 4 is 29.2 Å². The van der Waals surface area contributed by atoms with Crippen LogP contribution < -0.4 is 5.32 Å². The van der Waals surface area contributed by atoms with E-state index in [-0.39, 0.29) is 42.4 Å². The van der Waals surface area contributed by atoms with Crippen molar-refractivity contribution in [1.82, 2.24) is 10.2 Å². The number of piperidine rings is 1. The number of hydrogen-bond acceptors (Lipinski definition) is 3. The van der Waals surface area contributed by atoms with Crippen LogP contribution in [0.25, 0.3) is 0 Å². The Labute approximate surface area is 166 Å². The second kappa shape index (κ2) is 9.36. The minimum Gasteiger partial charge on any atom is -0.353 e. The van der Waals surface area contributed by atoms with Crippen LogP contribution in [0, 0.1) is 12.3 Å². The Bertz CT molecular complexity index is 677. The number of ketones is 1. The summed E-state index contributed by atoms with van der Waals surface area (Å²) in [5.41, 5.74) is 1.18. The number of aryl methyl sites for hydroxylation is 1. The zero-order valence-corrected chi connectivity index (χ0v) is 17.1. The number of benzene rings is 1. The highest BCUT2D eigenvalue weighted by molar-refractivity contribution is 6.19. The van der Waals surface area contributed by atoms with Gasteiger partial charge < -0.3 is 10.2 Å². The summed E-state index contributed by atoms with van der Waals surface area (Å²) < 4.78 is 0. The van der Waals surface area contributed by atoms with Crippen molar-refractivity contribution in [3.8, 4) is 0 Å². The van der Waals surface area contributed by atoms with Gasteiger partial charge in [0.25, 0.3) is 0 Å². The maximum Gasteiger partial charge on any atom is 0.229 e. The summed E-state index contributed by atoms with van der Waals surface area (Å²) in [5, 5.41) is 2.99. The van der Waals surface area contributed by atoms with Crippen LogP contribution >= 0.6 is 11.6 Å². The molecule has 0 atom stereocenters. The Balaban J connectivity index is 1.73. The van der Waals surface area contributed by atoms with Crippen molar-refractivity contribution in [3.05, 3.63) is 35.4 Å². The SMILES string of the molecule is Cc1ccc(C(=O)CCC(=O)NC2CCN(C(=O)C(C)(C)CCl)CC2)cc1. The van der Waals surface area contributed by atoms with E-state index >= 15 is 0 Å². The van der Waals surface area contributed by atoms with Gasteiger partial charge in [0.2, 0.25) is 11.8 Å². The summed E-state index contributed by atoms with van der Waals surface area (Å²) in [5.74, 6) is 0.221. The molecule has 2 rings (SSSR count). The fourth-order valence-electron chi connectivity index (χ4n) is 3.12. The number of Topliss-reactive ketones (excluding diaryl/α,β-unsaturated/α-hetero) is 1. The first-order valence-corrected chi connectivity index (χ1v) is 10.0. The first-order chi connectivity index (χ1) is 12.7. The summed E-state index contributed by atoms with van der Waals surface area (Å²) in [6.07, 6.45) is 1.84. The Morgan fingerprint density at radius 1 is 1.11 bits per heavy atom. The zero-order valence-electron chi connectivity index (χ0n) is 16.4. The number of carbonyl (C=O) groups excluding carboxylic acids is 3. The molecule has 1 N–H and O–H groups in total. The molecule has 0 aromatic heterocycles. The van der Waals surface area contributed by atoms with E-state index in [1.54, 1.807) is 12.1 Å². The molecule has 5 nitrogen and oxygen atoms in total. The molecule has 0 aliphatic carbocycles. The van der Waals surface area contributed by atoms with Crippen molar-refractivity contribution in [2.75, 3.05) is 19.0 Å². The van der Waals surface area contributed by atoms with Crippen LogP contribution in [0.1, 0.15) is 55.5 Å². The topological polar surface area (TPSA) is 66.5 Å². The number of carbonyl (C=O) groups is 3. The third-order valence-electron chi connectivity index (χ3n) is 5.01. The Morgan fingerprint density at radius 2 is 1.70 bits per heavy atom. The predicted octanol–water partition coefficient (Wildman–Crippen LogP) is 3.33. The summed E-state index contributed by atoms with van der Waals surface area (Å²) >= 11 is 5.88. The molecule has 1 aromatic carbocycles. The average Bonchev–Trinajstić information content (AvgIpc) is 2.66. The summed E-state index contributed by atoms with van der Waals surface area (Å²) in [6.45, 7) is 6.90. The smallest absolute Gasteiger partial charge is 0.229 e. The number of rotatable bonds is 7. The molecule has 0 unspecified atom stereocenters. The van der Waals surface area contributed by atoms with Gasteiger partial charge in [-0.15, -0.1) is 11.6 Å². The van der Waals surface area contributed by atoms with Gasteiger partial charge in [0.15, 0.2) is 5.78 Å². The van der Waals surface area contributed by atoms with E-state index in [1.807, 2.05) is 37.8 Å². The number of nitrogens with zero attached hydrogens (tertiary/aromatic N) is 1. The van der Waals surface area contributed by atoms with E-state index in [4.69, 9.17) is 11.6 Å². The molecule has 1 saturated heterocycles. The van der Waals surface area contributed by atoms with Gasteiger partial charge in [0, 0.05) is 43.4 Å². The van der Waals surface area contributed by atoms with Gasteiger partial charge in [0.05, 0.1) is 5.41 Å². The molecule has 1 heterocycles. The second-order valence-corrected chi connectivity index (χ2v) is 8.21. The van der Waals surface area contributed by atoms with Crippen molar-refractivity contribution in [2.45, 2.75) is 52.5 Å². The van der Waals surface area contributed by atoms with Gasteiger partial charge >= 0.3 is 0 Å². The molecule has 6 heteroatoms. The lowest BCUT2D eigenvalue weighted by molar-refractivity contribution is -0.140. The van der Waals surface area contributed by atoms with Crippen molar-refractivity contribution in [2.24, 2.45) is 5.41 Å². The third-order valence-corrected chi connectivity index (χ3v) is 5.68. The number of nitrogens with one attached hydrogen (secondary N) is 1. The van der Waals surface area contributed by atoms with Crippen LogP contribution in [0.5, 0.6) is 0 Å². The normalized spacial score (nSPS) is 15.5. The second-order valence-electron chi connectivity index (χ2n) is 7.94. The third kappa shape index (κ3) is 6.06. The fourth-order valence-corrected chi connectivity index (χ4v) is 3.24. The summed E-state index contributed by atoms with van der Waals surface area (Å²) in [6, 6.07) is 7.44. The number of alkyl halides is 1. The number of likely N-dealkylation sites (tertiary alicyclic amines) is 1. The number of hydrogen-bond donors (Lipinski definition) is 1. The van der Waals surface area contributed by atoms with Crippen molar-refractivity contribution < 1.29 is 14.4 Å². The number of halogens is 1. The zero-order chi connectivity index (χ0) is 20.0. The molecule has 1 aromatic rings. The van der Waals surface area contributed by atoms with Crippen LogP contribution in [-0.2, 0) is 9.59 Å². The van der Waals surface area contributed by atoms with E-state index in [0.717, 1.165) is 18.4 Å². The molecule has 0 radical (unpaired) electrons. The van der Waals surface area contributed by atoms with Crippen LogP contribution in [0.4, 0.5) is 0 Å². The molecular weight excluding hydrogens is 364 g/mol. The number of amides is 2. The highest BCUT2D eigenvalue weighted by Crippen LogP contribution is 2.23. The lowest BCUT2D eigenvalue weighted by Gasteiger charge is -2.36. The lowest BCUT2D eigenvalue weighted by Crippen LogP contribution is -2.50. The quantitative estimate of drug-likeness (QED) is 0.571. The lowest BCUT2D eigenvalue weighted by atomic mass is 9.92. The minimum atomic E-state index is -0.562. The monoisotopic (exact) mass is 392 g/mol. The fraction of sp³-hybridized carbons (Fsp3) is 0.571. The summed E-state index contributed by atoms with van der Waals surface area (Å²) in [4.78, 5) is 38.6. The Morgan fingerprint density at radius 3 is 2.26 bits per heavy atom. The molecule has 0 spiro atoms. The summed E-state index contributed by atoms with van der Waals surface area (Å²) in [7, 11) is 0. The molecule has 148 valence electrons. The van der Waals surface area contributed by atoms with Crippen LogP contribution in [0.3, 0.4) is 0 Å². The van der Waals surface area contributed by atoms with Gasteiger partial charge in [-0.25, -0.2) is 0 Å². The van der Waals surface area contributed by atoms with Crippen molar-refractivity contribution in [1.29, 1.82) is 0 Å². The highest BCUT2D eigenvalue weighted by atomic mass is 35.5. The molecule has 0 bridgehead atoms. The van der Waals surface area contributed by atoms with Crippen LogP contribution in [-0.4, -0.2) is 47.5 Å². The molecule has 1 aliphatic heterocycles. The van der Waals surface area contributed by atoms with Gasteiger partial charge in [-0.2, -0.15) is 0 Å². The van der Waals surface area contributed by atoms with E-state index in [0.29, 0.717) is 18.7 Å². The van der Waals surface area contributed by atoms with Gasteiger partial charge in [-0.1, -0.05) is 29.8 Å².